The van der Waals surface area contributed by atoms with Gasteiger partial charge in [0.05, 0.1) is 46.4 Å². The molecule has 426 valence electrons. The molecule has 4 aromatic rings. The van der Waals surface area contributed by atoms with Crippen LogP contribution in [0.3, 0.4) is 0 Å². The molecule has 0 radical (unpaired) electrons. The third kappa shape index (κ3) is 19.5. The van der Waals surface area contributed by atoms with E-state index < -0.39 is 131 Å². The lowest BCUT2D eigenvalue weighted by Gasteiger charge is -2.27. The second kappa shape index (κ2) is 26.5. The molecule has 2 saturated heterocycles. The number of amides is 1. The molecular formula is C49H53F17N2O4S4. The Balaban J connectivity index is 0.000000746. The molecule has 76 heavy (non-hydrogen) atoms. The molecular weight excluding hydrogens is 1130 g/mol. The van der Waals surface area contributed by atoms with Gasteiger partial charge in [0, 0.05) is 32.2 Å². The van der Waals surface area contributed by atoms with Crippen LogP contribution in [0.4, 0.5) is 79.4 Å². The predicted molar refractivity (Wildman–Crippen MR) is 269 cm³/mol. The van der Waals surface area contributed by atoms with Crippen molar-refractivity contribution in [2.75, 3.05) is 13.1 Å². The molecule has 2 fully saturated rings. The number of ketones is 2. The molecule has 0 saturated carbocycles. The SMILES string of the molecule is CC(C)(C)OC(=O)N1C[C@@H](F)C[C@H]1C(=O)CCc1cc(-c2cc(C(F)(F)F)cc(C(F)(F)F)c2)cc(C(F)(F)F)c1.Cc1cc(-c2cc(CCC(=O)[C@@H]3C[C@H](F)CN3)cc(C(F)(F)F)c2)cc(C(F)(F)F)c1.S.S.S.S. The number of hydrogen-bond donors (Lipinski definition) is 1. The first-order valence-electron chi connectivity index (χ1n) is 21.9. The number of carbonyl (C=O) groups is 3. The number of aryl methyl sites for hydroxylation is 3. The van der Waals surface area contributed by atoms with Gasteiger partial charge in [0.1, 0.15) is 23.7 Å². The smallest absolute Gasteiger partial charge is 0.416 e. The Bertz CT molecular complexity index is 2600. The number of benzene rings is 4. The molecule has 0 spiro atoms. The summed E-state index contributed by atoms with van der Waals surface area (Å²) in [4.78, 5) is 38.5. The van der Waals surface area contributed by atoms with E-state index in [0.29, 0.717) is 24.3 Å². The maximum absolute atomic E-state index is 14.1. The van der Waals surface area contributed by atoms with Gasteiger partial charge in [-0.1, -0.05) is 18.2 Å². The van der Waals surface area contributed by atoms with Gasteiger partial charge in [-0.3, -0.25) is 14.5 Å². The van der Waals surface area contributed by atoms with Gasteiger partial charge in [0.15, 0.2) is 5.78 Å². The van der Waals surface area contributed by atoms with Crippen molar-refractivity contribution in [3.8, 4) is 22.3 Å². The fourth-order valence-electron chi connectivity index (χ4n) is 7.99. The topological polar surface area (TPSA) is 75.7 Å². The van der Waals surface area contributed by atoms with Gasteiger partial charge in [-0.15, -0.1) is 0 Å². The average molecular weight is 1190 g/mol. The molecule has 0 bridgehead atoms. The van der Waals surface area contributed by atoms with Crippen LogP contribution < -0.4 is 5.32 Å². The second-order valence-electron chi connectivity index (χ2n) is 18.4. The van der Waals surface area contributed by atoms with Crippen LogP contribution in [0.15, 0.2) is 72.8 Å². The maximum atomic E-state index is 14.1. The Morgan fingerprint density at radius 3 is 1.26 bits per heavy atom. The molecule has 1 N–H and O–H groups in total. The summed E-state index contributed by atoms with van der Waals surface area (Å²) in [6.07, 6.45) is -29.9. The monoisotopic (exact) mass is 1180 g/mol. The summed E-state index contributed by atoms with van der Waals surface area (Å²) in [5.74, 6) is -1.01. The highest BCUT2D eigenvalue weighted by Crippen LogP contribution is 2.42. The number of nitrogens with zero attached hydrogens (tertiary/aromatic N) is 1. The summed E-state index contributed by atoms with van der Waals surface area (Å²) in [6, 6.07) is 6.66. The molecule has 6 nitrogen and oxygen atoms in total. The lowest BCUT2D eigenvalue weighted by atomic mass is 9.93. The first kappa shape index (κ1) is 69.7. The Morgan fingerprint density at radius 1 is 0.513 bits per heavy atom. The highest BCUT2D eigenvalue weighted by atomic mass is 32.1. The number of rotatable bonds is 10. The van der Waals surface area contributed by atoms with E-state index in [4.69, 9.17) is 4.74 Å². The minimum Gasteiger partial charge on any atom is -0.444 e. The number of likely N-dealkylation sites (tertiary alicyclic amines) is 1. The quantitative estimate of drug-likeness (QED) is 0.160. The minimum absolute atomic E-state index is 0. The van der Waals surface area contributed by atoms with Crippen molar-refractivity contribution in [3.63, 3.8) is 0 Å². The van der Waals surface area contributed by atoms with Crippen LogP contribution in [0.2, 0.25) is 0 Å². The summed E-state index contributed by atoms with van der Waals surface area (Å²) in [7, 11) is 0. The molecule has 1 amide bonds. The van der Waals surface area contributed by atoms with Gasteiger partial charge in [-0.05, 0) is 134 Å². The lowest BCUT2D eigenvalue weighted by Crippen LogP contribution is -2.43. The zero-order valence-electron chi connectivity index (χ0n) is 40.4. The largest absolute Gasteiger partial charge is 0.444 e. The third-order valence-electron chi connectivity index (χ3n) is 11.3. The van der Waals surface area contributed by atoms with E-state index in [0.717, 1.165) is 35.2 Å². The van der Waals surface area contributed by atoms with Gasteiger partial charge in [-0.2, -0.15) is 120 Å². The van der Waals surface area contributed by atoms with Gasteiger partial charge in [-0.25, -0.2) is 13.6 Å². The predicted octanol–water partition coefficient (Wildman–Crippen LogP) is 14.6. The fourth-order valence-corrected chi connectivity index (χ4v) is 7.99. The number of alkyl halides is 17. The summed E-state index contributed by atoms with van der Waals surface area (Å²) >= 11 is 0. The maximum Gasteiger partial charge on any atom is 0.416 e. The van der Waals surface area contributed by atoms with E-state index in [9.17, 15) is 89.0 Å². The zero-order chi connectivity index (χ0) is 54.1. The zero-order valence-corrected chi connectivity index (χ0v) is 44.4. The molecule has 4 atom stereocenters. The molecule has 2 heterocycles. The van der Waals surface area contributed by atoms with Gasteiger partial charge in [0.2, 0.25) is 0 Å². The van der Waals surface area contributed by atoms with Crippen molar-refractivity contribution >= 4 is 71.6 Å². The van der Waals surface area contributed by atoms with Crippen molar-refractivity contribution in [3.05, 3.63) is 117 Å². The molecule has 4 aromatic carbocycles. The molecule has 27 heteroatoms. The van der Waals surface area contributed by atoms with E-state index in [1.807, 2.05) is 0 Å². The molecule has 2 aliphatic heterocycles. The van der Waals surface area contributed by atoms with E-state index in [2.05, 4.69) is 5.32 Å². The highest BCUT2D eigenvalue weighted by molar-refractivity contribution is 7.59. The highest BCUT2D eigenvalue weighted by Gasteiger charge is 2.42. The third-order valence-corrected chi connectivity index (χ3v) is 11.3. The summed E-state index contributed by atoms with van der Waals surface area (Å²) in [5.41, 5.74) is -8.85. The van der Waals surface area contributed by atoms with Crippen LogP contribution in [0, 0.1) is 6.92 Å². The standard InChI is InChI=1S/C27H25F10NO3.C22H20F7NO.4H2S/c1-24(2,3)41-23(40)38-13-20(28)12-21(38)22(39)5-4-14-6-15(8-17(7-14)25(29,30)31)16-9-18(26(32,33)34)11-19(10-16)27(35,36)37;1-12-4-14(8-16(5-12)21(24,25)26)15-6-13(7-17(9-15)22(27,28)29)2-3-20(31)19-10-18(23)11-30-19;;;;/h6-11,20-21H,4-5,12-13H2,1-3H3;4-9,18-19,30H,2-3,10-11H2,1H3;4*1H2/t20-,21-;18-,19-;;;;/m00..../s1. The van der Waals surface area contributed by atoms with Crippen LogP contribution >= 0.6 is 54.0 Å². The number of ether oxygens (including phenoxy) is 1. The van der Waals surface area contributed by atoms with Gasteiger partial charge >= 0.3 is 37.0 Å². The molecule has 6 rings (SSSR count). The van der Waals surface area contributed by atoms with Crippen molar-refractivity contribution in [1.82, 2.24) is 10.2 Å². The van der Waals surface area contributed by atoms with Crippen LogP contribution in [-0.2, 0) is 58.0 Å². The first-order valence-corrected chi connectivity index (χ1v) is 21.9. The van der Waals surface area contributed by atoms with E-state index in [-0.39, 0.29) is 126 Å². The number of hydrogen-bond acceptors (Lipinski definition) is 5. The molecule has 0 aromatic heterocycles. The van der Waals surface area contributed by atoms with Gasteiger partial charge < -0.3 is 10.1 Å². The van der Waals surface area contributed by atoms with Crippen LogP contribution in [0.1, 0.15) is 91.0 Å². The Kier molecular flexibility index (Phi) is 24.3. The first-order chi connectivity index (χ1) is 32.9. The summed E-state index contributed by atoms with van der Waals surface area (Å²) < 4.78 is 233. The fraction of sp³-hybridized carbons (Fsp3) is 0.449. The average Bonchev–Trinajstić information content (AvgIpc) is 3.87. The molecule has 0 unspecified atom stereocenters. The summed E-state index contributed by atoms with van der Waals surface area (Å²) in [5, 5.41) is 2.73. The molecule has 0 aliphatic carbocycles. The number of nitrogens with one attached hydrogen (secondary N) is 1. The van der Waals surface area contributed by atoms with Crippen molar-refractivity contribution in [1.29, 1.82) is 0 Å². The van der Waals surface area contributed by atoms with Crippen molar-refractivity contribution in [2.24, 2.45) is 0 Å². The van der Waals surface area contributed by atoms with E-state index in [1.165, 1.54) is 19.1 Å². The normalized spacial score (nSPS) is 18.0. The van der Waals surface area contributed by atoms with Crippen molar-refractivity contribution < 1.29 is 93.8 Å². The van der Waals surface area contributed by atoms with Crippen LogP contribution in [-0.4, -0.2) is 65.7 Å². The van der Waals surface area contributed by atoms with Crippen molar-refractivity contribution in [2.45, 2.75) is 127 Å². The van der Waals surface area contributed by atoms with Gasteiger partial charge in [0.25, 0.3) is 0 Å². The minimum atomic E-state index is -5.22. The van der Waals surface area contributed by atoms with E-state index in [1.54, 1.807) is 20.8 Å². The Labute approximate surface area is 453 Å². The number of carbonyl (C=O) groups excluding carboxylic acids is 3. The lowest BCUT2D eigenvalue weighted by molar-refractivity contribution is -0.143. The summed E-state index contributed by atoms with van der Waals surface area (Å²) in [6.45, 7) is 5.71. The Hall–Kier alpha value is -4.34. The second-order valence-corrected chi connectivity index (χ2v) is 18.4. The number of halogens is 17. The molecule has 2 aliphatic rings. The van der Waals surface area contributed by atoms with E-state index >= 15 is 0 Å². The van der Waals surface area contributed by atoms with Crippen LogP contribution in [0.5, 0.6) is 0 Å². The number of Topliss-reactive ketones (excluding diaryl/α,β-unsaturated/α-hetero) is 2. The Morgan fingerprint density at radius 2 is 0.882 bits per heavy atom. The van der Waals surface area contributed by atoms with Crippen LogP contribution in [0.25, 0.3) is 22.3 Å².